The fourth-order valence-corrected chi connectivity index (χ4v) is 5.63. The summed E-state index contributed by atoms with van der Waals surface area (Å²) in [6.07, 6.45) is 5.66. The molecule has 1 aromatic carbocycles. The van der Waals surface area contributed by atoms with Crippen LogP contribution in [0.5, 0.6) is 0 Å². The van der Waals surface area contributed by atoms with Crippen LogP contribution < -0.4 is 10.6 Å². The average molecular weight is 470 g/mol. The highest BCUT2D eigenvalue weighted by molar-refractivity contribution is 6.02. The van der Waals surface area contributed by atoms with E-state index in [2.05, 4.69) is 17.6 Å². The Labute approximate surface area is 203 Å². The topological polar surface area (TPSA) is 98.7 Å². The second kappa shape index (κ2) is 10.7. The number of amides is 3. The van der Waals surface area contributed by atoms with Gasteiger partial charge in [-0.1, -0.05) is 51.5 Å². The van der Waals surface area contributed by atoms with Crippen LogP contribution in [0.2, 0.25) is 0 Å². The maximum atomic E-state index is 13.9. The van der Waals surface area contributed by atoms with Gasteiger partial charge in [0.1, 0.15) is 6.04 Å². The lowest BCUT2D eigenvalue weighted by Gasteiger charge is -2.35. The first-order valence-electron chi connectivity index (χ1n) is 12.4. The standard InChI is InChI=1S/C27H39N3O4/c1-7-8-18-11-12-19-23(22(18)25(32)28-6)27(34)30(21(14-31)15(2)3)24(19)26(33)29-20-13-16(4)9-10-17(20)5/h9-13,15,18-19,21-24,31H,7-8,14H2,1-6H3,(H,28,32)(H,29,33)/t18-,19+,21+,22-,23+,24+/m1/s1. The summed E-state index contributed by atoms with van der Waals surface area (Å²) >= 11 is 0. The molecule has 1 saturated heterocycles. The normalized spacial score (nSPS) is 27.0. The predicted octanol–water partition coefficient (Wildman–Crippen LogP) is 3.05. The number of carbonyl (C=O) groups is 3. The number of carbonyl (C=O) groups excluding carboxylic acids is 3. The van der Waals surface area contributed by atoms with Gasteiger partial charge in [0.2, 0.25) is 17.7 Å². The number of nitrogens with one attached hydrogen (secondary N) is 2. The minimum absolute atomic E-state index is 0.0565. The Bertz CT molecular complexity index is 957. The summed E-state index contributed by atoms with van der Waals surface area (Å²) in [5.74, 6) is -2.43. The number of aryl methyl sites for hydroxylation is 2. The Balaban J connectivity index is 2.08. The van der Waals surface area contributed by atoms with Crippen molar-refractivity contribution in [2.24, 2.45) is 29.6 Å². The van der Waals surface area contributed by atoms with Crippen molar-refractivity contribution in [3.63, 3.8) is 0 Å². The molecule has 3 amide bonds. The van der Waals surface area contributed by atoms with Crippen molar-refractivity contribution < 1.29 is 19.5 Å². The zero-order valence-corrected chi connectivity index (χ0v) is 21.2. The third kappa shape index (κ3) is 4.76. The van der Waals surface area contributed by atoms with E-state index in [0.717, 1.165) is 24.0 Å². The predicted molar refractivity (Wildman–Crippen MR) is 133 cm³/mol. The second-order valence-corrected chi connectivity index (χ2v) is 10.1. The fourth-order valence-electron chi connectivity index (χ4n) is 5.63. The van der Waals surface area contributed by atoms with E-state index in [1.807, 2.05) is 58.0 Å². The maximum absolute atomic E-state index is 13.9. The van der Waals surface area contributed by atoms with Gasteiger partial charge in [0.15, 0.2) is 0 Å². The zero-order chi connectivity index (χ0) is 25.2. The van der Waals surface area contributed by atoms with Crippen molar-refractivity contribution in [3.05, 3.63) is 41.5 Å². The van der Waals surface area contributed by atoms with Crippen molar-refractivity contribution in [1.82, 2.24) is 10.2 Å². The number of hydrogen-bond donors (Lipinski definition) is 3. The summed E-state index contributed by atoms with van der Waals surface area (Å²) in [5.41, 5.74) is 2.66. The highest BCUT2D eigenvalue weighted by Gasteiger charge is 2.58. The number of likely N-dealkylation sites (tertiary alicyclic amines) is 1. The van der Waals surface area contributed by atoms with Crippen LogP contribution in [0.4, 0.5) is 5.69 Å². The van der Waals surface area contributed by atoms with E-state index in [-0.39, 0.29) is 36.2 Å². The molecule has 34 heavy (non-hydrogen) atoms. The Hall–Kier alpha value is -2.67. The Kier molecular flexibility index (Phi) is 8.18. The van der Waals surface area contributed by atoms with Gasteiger partial charge >= 0.3 is 0 Å². The number of nitrogens with zero attached hydrogens (tertiary/aromatic N) is 1. The van der Waals surface area contributed by atoms with E-state index in [0.29, 0.717) is 5.69 Å². The molecule has 6 atom stereocenters. The minimum atomic E-state index is -0.803. The number of rotatable bonds is 8. The number of benzene rings is 1. The second-order valence-electron chi connectivity index (χ2n) is 10.1. The third-order valence-corrected chi connectivity index (χ3v) is 7.45. The summed E-state index contributed by atoms with van der Waals surface area (Å²) in [6, 6.07) is 4.53. The number of aliphatic hydroxyl groups is 1. The molecule has 3 N–H and O–H groups in total. The van der Waals surface area contributed by atoms with Crippen molar-refractivity contribution in [2.75, 3.05) is 19.0 Å². The number of allylic oxidation sites excluding steroid dienone is 1. The SMILES string of the molecule is CCC[C@@H]1C=C[C@H]2[C@H](C(=O)N([C@@H](CO)C(C)C)[C@@H]2C(=O)Nc2cc(C)ccc2C)[C@@H]1C(=O)NC. The maximum Gasteiger partial charge on any atom is 0.247 e. The van der Waals surface area contributed by atoms with Crippen LogP contribution in [0.25, 0.3) is 0 Å². The Morgan fingerprint density at radius 2 is 1.85 bits per heavy atom. The molecule has 1 heterocycles. The first-order chi connectivity index (χ1) is 16.2. The summed E-state index contributed by atoms with van der Waals surface area (Å²) in [7, 11) is 1.59. The lowest BCUT2D eigenvalue weighted by molar-refractivity contribution is -0.143. The summed E-state index contributed by atoms with van der Waals surface area (Å²) < 4.78 is 0. The molecule has 0 aromatic heterocycles. The summed E-state index contributed by atoms with van der Waals surface area (Å²) in [4.78, 5) is 42.3. The van der Waals surface area contributed by atoms with Crippen LogP contribution in [-0.4, -0.2) is 53.5 Å². The highest BCUT2D eigenvalue weighted by atomic mass is 16.3. The minimum Gasteiger partial charge on any atom is -0.394 e. The molecule has 0 spiro atoms. The van der Waals surface area contributed by atoms with E-state index in [9.17, 15) is 19.5 Å². The average Bonchev–Trinajstić information content (AvgIpc) is 3.08. The van der Waals surface area contributed by atoms with E-state index in [1.165, 1.54) is 0 Å². The van der Waals surface area contributed by atoms with Gasteiger partial charge in [-0.25, -0.2) is 0 Å². The van der Waals surface area contributed by atoms with Gasteiger partial charge in [-0.05, 0) is 49.3 Å². The van der Waals surface area contributed by atoms with Crippen LogP contribution in [-0.2, 0) is 14.4 Å². The fraction of sp³-hybridized carbons (Fsp3) is 0.593. The van der Waals surface area contributed by atoms with E-state index < -0.39 is 29.8 Å². The largest absolute Gasteiger partial charge is 0.394 e. The molecular weight excluding hydrogens is 430 g/mol. The smallest absolute Gasteiger partial charge is 0.247 e. The van der Waals surface area contributed by atoms with Crippen LogP contribution >= 0.6 is 0 Å². The molecule has 0 bridgehead atoms. The van der Waals surface area contributed by atoms with Crippen molar-refractivity contribution in [1.29, 1.82) is 0 Å². The zero-order valence-electron chi connectivity index (χ0n) is 21.2. The number of fused-ring (bicyclic) bond motifs is 1. The van der Waals surface area contributed by atoms with Crippen LogP contribution in [0.3, 0.4) is 0 Å². The van der Waals surface area contributed by atoms with Gasteiger partial charge in [0.05, 0.1) is 24.5 Å². The van der Waals surface area contributed by atoms with Crippen LogP contribution in [0.15, 0.2) is 30.4 Å². The highest BCUT2D eigenvalue weighted by Crippen LogP contribution is 2.46. The molecule has 7 heteroatoms. The van der Waals surface area contributed by atoms with Crippen LogP contribution in [0, 0.1) is 43.4 Å². The molecule has 7 nitrogen and oxygen atoms in total. The van der Waals surface area contributed by atoms with Gasteiger partial charge in [-0.2, -0.15) is 0 Å². The Morgan fingerprint density at radius 3 is 2.44 bits per heavy atom. The van der Waals surface area contributed by atoms with Gasteiger partial charge in [-0.3, -0.25) is 14.4 Å². The van der Waals surface area contributed by atoms with Gasteiger partial charge in [0.25, 0.3) is 0 Å². The molecule has 1 aliphatic heterocycles. The first kappa shape index (κ1) is 25.9. The van der Waals surface area contributed by atoms with E-state index in [1.54, 1.807) is 11.9 Å². The van der Waals surface area contributed by atoms with Gasteiger partial charge in [0, 0.05) is 18.7 Å². The van der Waals surface area contributed by atoms with E-state index in [4.69, 9.17) is 0 Å². The van der Waals surface area contributed by atoms with E-state index >= 15 is 0 Å². The molecule has 186 valence electrons. The molecule has 3 rings (SSSR count). The number of aliphatic hydroxyl groups excluding tert-OH is 1. The van der Waals surface area contributed by atoms with Crippen molar-refractivity contribution in [3.8, 4) is 0 Å². The monoisotopic (exact) mass is 469 g/mol. The number of anilines is 1. The summed E-state index contributed by atoms with van der Waals surface area (Å²) in [5, 5.41) is 16.0. The lowest BCUT2D eigenvalue weighted by atomic mass is 9.68. The molecule has 2 aliphatic rings. The molecule has 0 radical (unpaired) electrons. The molecule has 1 aliphatic carbocycles. The molecule has 0 saturated carbocycles. The van der Waals surface area contributed by atoms with Crippen LogP contribution in [0.1, 0.15) is 44.7 Å². The third-order valence-electron chi connectivity index (χ3n) is 7.45. The van der Waals surface area contributed by atoms with Gasteiger partial charge in [-0.15, -0.1) is 0 Å². The lowest BCUT2D eigenvalue weighted by Crippen LogP contribution is -2.52. The molecule has 1 aromatic rings. The Morgan fingerprint density at radius 1 is 1.15 bits per heavy atom. The van der Waals surface area contributed by atoms with Gasteiger partial charge < -0.3 is 20.6 Å². The number of hydrogen-bond acceptors (Lipinski definition) is 4. The molecule has 1 fully saturated rings. The molecule has 0 unspecified atom stereocenters. The quantitative estimate of drug-likeness (QED) is 0.510. The summed E-state index contributed by atoms with van der Waals surface area (Å²) in [6.45, 7) is 9.57. The van der Waals surface area contributed by atoms with Crippen molar-refractivity contribution >= 4 is 23.4 Å². The molecular formula is C27H39N3O4. The van der Waals surface area contributed by atoms with Crippen molar-refractivity contribution in [2.45, 2.75) is 59.5 Å². The first-order valence-corrected chi connectivity index (χ1v) is 12.4.